The Bertz CT molecular complexity index is 775. The molecule has 1 aromatic heterocycles. The van der Waals surface area contributed by atoms with Crippen LogP contribution in [0.2, 0.25) is 0 Å². The summed E-state index contributed by atoms with van der Waals surface area (Å²) < 4.78 is 36.9. The van der Waals surface area contributed by atoms with Crippen LogP contribution in [0.3, 0.4) is 0 Å². The van der Waals surface area contributed by atoms with Crippen molar-refractivity contribution in [1.29, 1.82) is 0 Å². The summed E-state index contributed by atoms with van der Waals surface area (Å²) in [4.78, 5) is 0. The third-order valence-electron chi connectivity index (χ3n) is 2.73. The van der Waals surface area contributed by atoms with Crippen LogP contribution >= 0.6 is 23.8 Å². The van der Waals surface area contributed by atoms with Gasteiger partial charge in [0, 0.05) is 5.56 Å². The topological polar surface area (TPSA) is 84.7 Å². The van der Waals surface area contributed by atoms with Gasteiger partial charge in [-0.1, -0.05) is 0 Å². The Morgan fingerprint density at radius 3 is 2.43 bits per heavy atom. The lowest BCUT2D eigenvalue weighted by Gasteiger charge is -2.09. The largest absolute Gasteiger partial charge is 0.502 e. The predicted octanol–water partition coefficient (Wildman–Crippen LogP) is 2.83. The monoisotopic (exact) mass is 364 g/mol. The van der Waals surface area contributed by atoms with Crippen molar-refractivity contribution in [2.24, 2.45) is 5.10 Å². The zero-order valence-electron chi connectivity index (χ0n) is 11.9. The van der Waals surface area contributed by atoms with Crippen LogP contribution in [0.1, 0.15) is 11.4 Å². The highest BCUT2D eigenvalue weighted by Crippen LogP contribution is 2.36. The Morgan fingerprint density at radius 1 is 1.39 bits per heavy atom. The minimum atomic E-state index is -3.74. The van der Waals surface area contributed by atoms with E-state index in [1.165, 1.54) is 32.6 Å². The van der Waals surface area contributed by atoms with E-state index in [9.17, 15) is 13.9 Å². The molecule has 0 spiro atoms. The molecule has 0 radical (unpaired) electrons. The molecule has 0 aliphatic rings. The number of hydrogen-bond donors (Lipinski definition) is 2. The first kappa shape index (κ1) is 17.2. The molecule has 7 nitrogen and oxygen atoms in total. The Morgan fingerprint density at radius 2 is 1.96 bits per heavy atom. The molecular weight excluding hydrogens is 354 g/mol. The van der Waals surface area contributed by atoms with Gasteiger partial charge in [0.15, 0.2) is 11.5 Å². The highest BCUT2D eigenvalue weighted by atomic mass is 35.5. The van der Waals surface area contributed by atoms with Crippen LogP contribution in [0.4, 0.5) is 8.78 Å². The summed E-state index contributed by atoms with van der Waals surface area (Å²) in [6.07, 6.45) is 1.21. The number of aromatic nitrogens is 3. The zero-order valence-corrected chi connectivity index (χ0v) is 13.5. The third kappa shape index (κ3) is 3.59. The fourth-order valence-electron chi connectivity index (χ4n) is 1.69. The van der Waals surface area contributed by atoms with Gasteiger partial charge in [0.05, 0.1) is 20.4 Å². The zero-order chi connectivity index (χ0) is 17.2. The highest BCUT2D eigenvalue weighted by molar-refractivity contribution is 7.71. The maximum Gasteiger partial charge on any atom is 0.383 e. The van der Waals surface area contributed by atoms with E-state index in [0.29, 0.717) is 10.2 Å². The molecule has 0 saturated heterocycles. The number of benzene rings is 1. The number of rotatable bonds is 5. The molecule has 0 fully saturated rings. The number of nitrogens with zero attached hydrogens (tertiary/aromatic N) is 3. The maximum atomic E-state index is 13.2. The van der Waals surface area contributed by atoms with Gasteiger partial charge in [-0.3, -0.25) is 0 Å². The summed E-state index contributed by atoms with van der Waals surface area (Å²) in [6, 6.07) is 2.87. The van der Waals surface area contributed by atoms with Crippen molar-refractivity contribution in [3.63, 3.8) is 0 Å². The van der Waals surface area contributed by atoms with E-state index in [-0.39, 0.29) is 22.0 Å². The van der Waals surface area contributed by atoms with Crippen LogP contribution in [0.5, 0.6) is 17.2 Å². The lowest BCUT2D eigenvalue weighted by molar-refractivity contribution is 0.0805. The number of phenolic OH excluding ortho intramolecular Hbond substituents is 1. The number of aromatic amines is 1. The quantitative estimate of drug-likeness (QED) is 0.484. The minimum absolute atomic E-state index is 0.129. The Kier molecular flexibility index (Phi) is 4.85. The highest BCUT2D eigenvalue weighted by Gasteiger charge is 2.35. The van der Waals surface area contributed by atoms with Gasteiger partial charge in [-0.25, -0.2) is 5.10 Å². The first-order chi connectivity index (χ1) is 10.8. The molecule has 124 valence electrons. The van der Waals surface area contributed by atoms with Crippen molar-refractivity contribution in [1.82, 2.24) is 14.9 Å². The molecule has 0 atom stereocenters. The lowest BCUT2D eigenvalue weighted by atomic mass is 10.2. The minimum Gasteiger partial charge on any atom is -0.502 e. The second kappa shape index (κ2) is 6.50. The van der Waals surface area contributed by atoms with Gasteiger partial charge in [-0.15, -0.1) is 5.10 Å². The SMILES string of the molecule is COc1cc(/C=N\n2c(C(F)(F)Cl)n[nH]c2=S)cc(OC)c1O. The van der Waals surface area contributed by atoms with Crippen LogP contribution < -0.4 is 9.47 Å². The van der Waals surface area contributed by atoms with Crippen molar-refractivity contribution in [3.8, 4) is 17.2 Å². The first-order valence-corrected chi connectivity index (χ1v) is 6.80. The van der Waals surface area contributed by atoms with Gasteiger partial charge in [0.1, 0.15) is 0 Å². The molecule has 2 N–H and O–H groups in total. The molecule has 11 heteroatoms. The number of nitrogens with one attached hydrogen (secondary N) is 1. The van der Waals surface area contributed by atoms with E-state index in [1.54, 1.807) is 0 Å². The average molecular weight is 365 g/mol. The fraction of sp³-hybridized carbons (Fsp3) is 0.250. The summed E-state index contributed by atoms with van der Waals surface area (Å²) in [5.41, 5.74) is 0.406. The van der Waals surface area contributed by atoms with E-state index < -0.39 is 11.2 Å². The van der Waals surface area contributed by atoms with Crippen molar-refractivity contribution >= 4 is 30.0 Å². The van der Waals surface area contributed by atoms with E-state index in [1.807, 2.05) is 0 Å². The molecule has 0 saturated carbocycles. The van der Waals surface area contributed by atoms with Gasteiger partial charge >= 0.3 is 5.38 Å². The number of phenols is 1. The molecule has 23 heavy (non-hydrogen) atoms. The number of methoxy groups -OCH3 is 2. The van der Waals surface area contributed by atoms with Crippen LogP contribution in [0, 0.1) is 4.77 Å². The molecule has 1 heterocycles. The molecule has 2 rings (SSSR count). The summed E-state index contributed by atoms with van der Waals surface area (Å²) in [5, 5.41) is 15.4. The van der Waals surface area contributed by atoms with Gasteiger partial charge in [0.25, 0.3) is 0 Å². The molecular formula is C12H11ClF2N4O3S. The fourth-order valence-corrected chi connectivity index (χ4v) is 2.00. The number of aromatic hydroxyl groups is 1. The maximum absolute atomic E-state index is 13.2. The number of alkyl halides is 3. The van der Waals surface area contributed by atoms with Crippen LogP contribution in [0.25, 0.3) is 0 Å². The Hall–Kier alpha value is -2.20. The van der Waals surface area contributed by atoms with Gasteiger partial charge in [-0.2, -0.15) is 18.6 Å². The first-order valence-electron chi connectivity index (χ1n) is 6.02. The third-order valence-corrected chi connectivity index (χ3v) is 3.16. The molecule has 0 aliphatic carbocycles. The summed E-state index contributed by atoms with van der Waals surface area (Å²) >= 11 is 9.77. The molecule has 0 aliphatic heterocycles. The van der Waals surface area contributed by atoms with Gasteiger partial charge in [-0.05, 0) is 36.0 Å². The van der Waals surface area contributed by atoms with Crippen LogP contribution in [-0.4, -0.2) is 40.4 Å². The number of ether oxygens (including phenoxy) is 2. The van der Waals surface area contributed by atoms with Crippen molar-refractivity contribution in [3.05, 3.63) is 28.3 Å². The summed E-state index contributed by atoms with van der Waals surface area (Å²) in [7, 11) is 2.71. The summed E-state index contributed by atoms with van der Waals surface area (Å²) in [6.45, 7) is 0. The summed E-state index contributed by atoms with van der Waals surface area (Å²) in [5.74, 6) is -0.785. The number of halogens is 3. The Balaban J connectivity index is 2.46. The normalized spacial score (nSPS) is 11.9. The molecule has 0 bridgehead atoms. The predicted molar refractivity (Wildman–Crippen MR) is 81.4 cm³/mol. The molecule has 0 unspecified atom stereocenters. The standard InChI is InChI=1S/C12H11ClF2N4O3S/c1-21-7-3-6(4-8(22-2)9(7)20)5-16-19-10(12(13,14)15)17-18-11(19)23/h3-5,20H,1-2H3,(H,18,23)/b16-5-. The Labute approximate surface area is 139 Å². The van der Waals surface area contributed by atoms with E-state index in [0.717, 1.165) is 0 Å². The van der Waals surface area contributed by atoms with Crippen molar-refractivity contribution < 1.29 is 23.4 Å². The molecule has 1 aromatic carbocycles. The molecule has 0 amide bonds. The van der Waals surface area contributed by atoms with Crippen LogP contribution in [0.15, 0.2) is 17.2 Å². The number of hydrogen-bond acceptors (Lipinski definition) is 6. The van der Waals surface area contributed by atoms with Gasteiger partial charge in [0.2, 0.25) is 16.3 Å². The van der Waals surface area contributed by atoms with Crippen molar-refractivity contribution in [2.75, 3.05) is 14.2 Å². The second-order valence-corrected chi connectivity index (χ2v) is 5.04. The number of H-pyrrole nitrogens is 1. The van der Waals surface area contributed by atoms with Gasteiger partial charge < -0.3 is 14.6 Å². The lowest BCUT2D eigenvalue weighted by Crippen LogP contribution is -2.11. The second-order valence-electron chi connectivity index (χ2n) is 4.18. The van der Waals surface area contributed by atoms with E-state index >= 15 is 0 Å². The van der Waals surface area contributed by atoms with Crippen LogP contribution in [-0.2, 0) is 5.38 Å². The molecule has 2 aromatic rings. The van der Waals surface area contributed by atoms with E-state index in [4.69, 9.17) is 33.3 Å². The van der Waals surface area contributed by atoms with Crippen molar-refractivity contribution in [2.45, 2.75) is 5.38 Å². The smallest absolute Gasteiger partial charge is 0.383 e. The van der Waals surface area contributed by atoms with E-state index in [2.05, 4.69) is 15.3 Å². The average Bonchev–Trinajstić information content (AvgIpc) is 2.87.